The molecule has 0 heterocycles. The number of ether oxygens (including phenoxy) is 1. The van der Waals surface area contributed by atoms with Crippen molar-refractivity contribution in [2.45, 2.75) is 0 Å². The fourth-order valence-electron chi connectivity index (χ4n) is 0.859. The van der Waals surface area contributed by atoms with E-state index in [2.05, 4.69) is 5.29 Å². The van der Waals surface area contributed by atoms with E-state index in [0.717, 1.165) is 0 Å². The number of benzene rings is 1. The van der Waals surface area contributed by atoms with Crippen molar-refractivity contribution < 1.29 is 4.74 Å². The summed E-state index contributed by atoms with van der Waals surface area (Å²) in [6.07, 6.45) is 0. The lowest BCUT2D eigenvalue weighted by atomic mass is 10.3. The van der Waals surface area contributed by atoms with E-state index in [1.807, 2.05) is 6.07 Å². The van der Waals surface area contributed by atoms with E-state index in [1.165, 1.54) is 5.01 Å². The molecule has 1 aromatic rings. The van der Waals surface area contributed by atoms with Crippen molar-refractivity contribution in [2.24, 2.45) is 5.29 Å². The van der Waals surface area contributed by atoms with Crippen LogP contribution in [0.4, 0.5) is 5.69 Å². The highest BCUT2D eigenvalue weighted by molar-refractivity contribution is 5.49. The van der Waals surface area contributed by atoms with Gasteiger partial charge in [0.2, 0.25) is 0 Å². The van der Waals surface area contributed by atoms with Gasteiger partial charge in [-0.05, 0) is 12.1 Å². The van der Waals surface area contributed by atoms with Gasteiger partial charge in [0.25, 0.3) is 0 Å². The average Bonchev–Trinajstić information content (AvgIpc) is 2.17. The van der Waals surface area contributed by atoms with Gasteiger partial charge in [0, 0.05) is 13.1 Å². The SMILES string of the molecule is COc1cccc(N(C)N=O)c1. The molecular weight excluding hydrogens is 156 g/mol. The summed E-state index contributed by atoms with van der Waals surface area (Å²) in [5, 5.41) is 4.00. The Balaban J connectivity index is 2.93. The predicted octanol–water partition coefficient (Wildman–Crippen LogP) is 1.81. The van der Waals surface area contributed by atoms with Crippen LogP contribution >= 0.6 is 0 Å². The maximum atomic E-state index is 10.1. The van der Waals surface area contributed by atoms with Crippen molar-refractivity contribution in [1.29, 1.82) is 0 Å². The summed E-state index contributed by atoms with van der Waals surface area (Å²) < 4.78 is 4.98. The Bertz CT molecular complexity index is 276. The fraction of sp³-hybridized carbons (Fsp3) is 0.250. The number of nitroso groups, excluding NO2 is 1. The molecule has 4 heteroatoms. The zero-order chi connectivity index (χ0) is 8.97. The lowest BCUT2D eigenvalue weighted by molar-refractivity contribution is 0.415. The summed E-state index contributed by atoms with van der Waals surface area (Å²) >= 11 is 0. The van der Waals surface area contributed by atoms with E-state index in [9.17, 15) is 4.91 Å². The first-order valence-corrected chi connectivity index (χ1v) is 3.49. The number of hydrogen-bond acceptors (Lipinski definition) is 3. The van der Waals surface area contributed by atoms with E-state index < -0.39 is 0 Å². The topological polar surface area (TPSA) is 41.9 Å². The van der Waals surface area contributed by atoms with E-state index in [4.69, 9.17) is 4.74 Å². The van der Waals surface area contributed by atoms with Crippen LogP contribution in [-0.2, 0) is 0 Å². The lowest BCUT2D eigenvalue weighted by Crippen LogP contribution is -2.06. The third-order valence-corrected chi connectivity index (χ3v) is 1.55. The smallest absolute Gasteiger partial charge is 0.120 e. The van der Waals surface area contributed by atoms with Gasteiger partial charge in [-0.3, -0.25) is 0 Å². The van der Waals surface area contributed by atoms with Crippen LogP contribution in [0.1, 0.15) is 0 Å². The summed E-state index contributed by atoms with van der Waals surface area (Å²) in [5.74, 6) is 0.711. The van der Waals surface area contributed by atoms with Crippen LogP contribution in [0.3, 0.4) is 0 Å². The minimum absolute atomic E-state index is 0.711. The predicted molar refractivity (Wildman–Crippen MR) is 47.2 cm³/mol. The Morgan fingerprint density at radius 3 is 2.83 bits per heavy atom. The first kappa shape index (κ1) is 8.52. The standard InChI is InChI=1S/C8H10N2O2/c1-10(9-11)7-4-3-5-8(6-7)12-2/h3-6H,1-2H3. The molecule has 0 saturated carbocycles. The van der Waals surface area contributed by atoms with E-state index in [1.54, 1.807) is 32.4 Å². The van der Waals surface area contributed by atoms with Gasteiger partial charge in [-0.25, -0.2) is 5.01 Å². The highest BCUT2D eigenvalue weighted by Gasteiger charge is 1.99. The molecule has 0 radical (unpaired) electrons. The molecule has 0 aliphatic carbocycles. The van der Waals surface area contributed by atoms with Crippen LogP contribution in [0.15, 0.2) is 29.6 Å². The second kappa shape index (κ2) is 3.71. The highest BCUT2D eigenvalue weighted by Crippen LogP contribution is 2.19. The monoisotopic (exact) mass is 166 g/mol. The van der Waals surface area contributed by atoms with Gasteiger partial charge in [0.05, 0.1) is 18.1 Å². The van der Waals surface area contributed by atoms with Crippen molar-refractivity contribution >= 4 is 5.69 Å². The third-order valence-electron chi connectivity index (χ3n) is 1.55. The second-order valence-corrected chi connectivity index (χ2v) is 2.31. The minimum atomic E-state index is 0.711. The van der Waals surface area contributed by atoms with E-state index in [-0.39, 0.29) is 0 Å². The molecule has 0 saturated heterocycles. The van der Waals surface area contributed by atoms with Crippen LogP contribution in [0.2, 0.25) is 0 Å². The summed E-state index contributed by atoms with van der Waals surface area (Å²) in [7, 11) is 3.16. The first-order valence-electron chi connectivity index (χ1n) is 3.49. The molecule has 0 amide bonds. The largest absolute Gasteiger partial charge is 0.497 e. The molecule has 4 nitrogen and oxygen atoms in total. The molecule has 0 bridgehead atoms. The van der Waals surface area contributed by atoms with Crippen molar-refractivity contribution in [3.8, 4) is 5.75 Å². The van der Waals surface area contributed by atoms with Gasteiger partial charge in [0.15, 0.2) is 0 Å². The Hall–Kier alpha value is -1.58. The molecule has 0 N–H and O–H groups in total. The zero-order valence-electron chi connectivity index (χ0n) is 7.02. The van der Waals surface area contributed by atoms with E-state index >= 15 is 0 Å². The lowest BCUT2D eigenvalue weighted by Gasteiger charge is -2.08. The zero-order valence-corrected chi connectivity index (χ0v) is 7.02. The van der Waals surface area contributed by atoms with Crippen molar-refractivity contribution in [3.05, 3.63) is 29.2 Å². The summed E-state index contributed by atoms with van der Waals surface area (Å²) in [6.45, 7) is 0. The Morgan fingerprint density at radius 1 is 1.50 bits per heavy atom. The van der Waals surface area contributed by atoms with Gasteiger partial charge in [-0.1, -0.05) is 6.07 Å². The van der Waals surface area contributed by atoms with Crippen LogP contribution in [0.5, 0.6) is 5.75 Å². The molecule has 1 aromatic carbocycles. The fourth-order valence-corrected chi connectivity index (χ4v) is 0.859. The van der Waals surface area contributed by atoms with Crippen molar-refractivity contribution in [3.63, 3.8) is 0 Å². The minimum Gasteiger partial charge on any atom is -0.497 e. The normalized spacial score (nSPS) is 9.17. The Kier molecular flexibility index (Phi) is 2.63. The van der Waals surface area contributed by atoms with Crippen molar-refractivity contribution in [2.75, 3.05) is 19.2 Å². The quantitative estimate of drug-likeness (QED) is 0.508. The molecule has 0 atom stereocenters. The Morgan fingerprint density at radius 2 is 2.25 bits per heavy atom. The molecule has 0 fully saturated rings. The van der Waals surface area contributed by atoms with Gasteiger partial charge >= 0.3 is 0 Å². The number of hydrogen-bond donors (Lipinski definition) is 0. The second-order valence-electron chi connectivity index (χ2n) is 2.31. The molecule has 0 spiro atoms. The third kappa shape index (κ3) is 1.72. The summed E-state index contributed by atoms with van der Waals surface area (Å²) in [4.78, 5) is 10.1. The van der Waals surface area contributed by atoms with Crippen LogP contribution in [0, 0.1) is 4.91 Å². The summed E-state index contributed by atoms with van der Waals surface area (Å²) in [6, 6.07) is 7.13. The highest BCUT2D eigenvalue weighted by atomic mass is 16.5. The number of methoxy groups -OCH3 is 1. The molecule has 0 aliphatic heterocycles. The maximum absolute atomic E-state index is 10.1. The number of anilines is 1. The Labute approximate surface area is 70.7 Å². The molecule has 1 rings (SSSR count). The number of rotatable bonds is 3. The van der Waals surface area contributed by atoms with Crippen LogP contribution < -0.4 is 9.75 Å². The van der Waals surface area contributed by atoms with Crippen molar-refractivity contribution in [1.82, 2.24) is 0 Å². The first-order chi connectivity index (χ1) is 5.77. The number of nitrogens with zero attached hydrogens (tertiary/aromatic N) is 2. The van der Waals surface area contributed by atoms with Gasteiger partial charge < -0.3 is 4.74 Å². The maximum Gasteiger partial charge on any atom is 0.120 e. The van der Waals surface area contributed by atoms with Crippen LogP contribution in [0.25, 0.3) is 0 Å². The average molecular weight is 166 g/mol. The van der Waals surface area contributed by atoms with Gasteiger partial charge in [-0.2, -0.15) is 0 Å². The molecular formula is C8H10N2O2. The van der Waals surface area contributed by atoms with Gasteiger partial charge in [-0.15, -0.1) is 4.91 Å². The molecule has 0 aliphatic rings. The van der Waals surface area contributed by atoms with E-state index in [0.29, 0.717) is 11.4 Å². The van der Waals surface area contributed by atoms with Crippen LogP contribution in [-0.4, -0.2) is 14.2 Å². The molecule has 0 unspecified atom stereocenters. The summed E-state index contributed by atoms with van der Waals surface area (Å²) in [5.41, 5.74) is 0.712. The van der Waals surface area contributed by atoms with Gasteiger partial charge in [0.1, 0.15) is 5.75 Å². The molecule has 0 aromatic heterocycles. The molecule has 64 valence electrons. The molecule has 12 heavy (non-hydrogen) atoms.